The van der Waals surface area contributed by atoms with Crippen LogP contribution in [0, 0.1) is 5.92 Å². The lowest BCUT2D eigenvalue weighted by Gasteiger charge is -2.23. The smallest absolute Gasteiger partial charge is 0.350 e. The summed E-state index contributed by atoms with van der Waals surface area (Å²) in [5.74, 6) is 0.341. The Bertz CT molecular complexity index is 525. The van der Waals surface area contributed by atoms with Crippen molar-refractivity contribution in [2.45, 2.75) is 44.8 Å². The van der Waals surface area contributed by atoms with Crippen molar-refractivity contribution in [2.24, 2.45) is 5.92 Å². The van der Waals surface area contributed by atoms with Gasteiger partial charge in [-0.1, -0.05) is 18.2 Å². The number of carbonyl (C=O) groups is 1. The second-order valence-electron chi connectivity index (χ2n) is 6.11. The van der Waals surface area contributed by atoms with Crippen molar-refractivity contribution >= 4 is 5.91 Å². The monoisotopic (exact) mass is 328 g/mol. The van der Waals surface area contributed by atoms with E-state index < -0.39 is 17.8 Å². The van der Waals surface area contributed by atoms with Crippen LogP contribution in [0.25, 0.3) is 0 Å². The van der Waals surface area contributed by atoms with E-state index in [9.17, 15) is 18.0 Å². The minimum absolute atomic E-state index is 0.107. The molecule has 1 aromatic carbocycles. The molecule has 0 bridgehead atoms. The molecule has 2 rings (SSSR count). The molecule has 1 aliphatic rings. The maximum Gasteiger partial charge on any atom is 0.416 e. The molecule has 1 aliphatic heterocycles. The third-order valence-corrected chi connectivity index (χ3v) is 4.35. The Morgan fingerprint density at radius 2 is 1.96 bits per heavy atom. The summed E-state index contributed by atoms with van der Waals surface area (Å²) in [6, 6.07) is 4.72. The van der Waals surface area contributed by atoms with Gasteiger partial charge in [0.25, 0.3) is 0 Å². The number of benzene rings is 1. The highest BCUT2D eigenvalue weighted by Crippen LogP contribution is 2.34. The molecule has 0 aromatic heterocycles. The molecule has 6 heteroatoms. The molecular formula is C17H23F3N2O. The van der Waals surface area contributed by atoms with Crippen LogP contribution in [0.5, 0.6) is 0 Å². The lowest BCUT2D eigenvalue weighted by atomic mass is 9.93. The van der Waals surface area contributed by atoms with Crippen LogP contribution in [0.4, 0.5) is 13.2 Å². The minimum atomic E-state index is -4.41. The first-order chi connectivity index (χ1) is 10.9. The van der Waals surface area contributed by atoms with Crippen molar-refractivity contribution < 1.29 is 18.0 Å². The molecule has 0 aliphatic carbocycles. The number of carbonyl (C=O) groups excluding carboxylic acids is 1. The summed E-state index contributed by atoms with van der Waals surface area (Å²) in [5.41, 5.74) is -0.582. The molecule has 2 N–H and O–H groups in total. The number of amides is 1. The van der Waals surface area contributed by atoms with E-state index in [-0.39, 0.29) is 11.5 Å². The van der Waals surface area contributed by atoms with Gasteiger partial charge in [-0.05, 0) is 56.8 Å². The van der Waals surface area contributed by atoms with Gasteiger partial charge < -0.3 is 10.6 Å². The van der Waals surface area contributed by atoms with Crippen LogP contribution in [0.15, 0.2) is 24.3 Å². The first kappa shape index (κ1) is 17.8. The highest BCUT2D eigenvalue weighted by atomic mass is 19.4. The van der Waals surface area contributed by atoms with Gasteiger partial charge in [0.1, 0.15) is 0 Å². The van der Waals surface area contributed by atoms with Gasteiger partial charge in [-0.15, -0.1) is 0 Å². The van der Waals surface area contributed by atoms with E-state index in [1.165, 1.54) is 12.1 Å². The number of halogens is 3. The number of piperidine rings is 1. The van der Waals surface area contributed by atoms with Crippen molar-refractivity contribution in [2.75, 3.05) is 13.1 Å². The third kappa shape index (κ3) is 5.23. The zero-order valence-corrected chi connectivity index (χ0v) is 13.2. The molecule has 128 valence electrons. The molecule has 3 nitrogen and oxygen atoms in total. The Balaban J connectivity index is 1.91. The SMILES string of the molecule is CC(NC(=O)CCC1CCNCC1)c1ccccc1C(F)(F)F. The van der Waals surface area contributed by atoms with Gasteiger partial charge in [-0.3, -0.25) is 4.79 Å². The van der Waals surface area contributed by atoms with Crippen LogP contribution < -0.4 is 10.6 Å². The van der Waals surface area contributed by atoms with Crippen molar-refractivity contribution in [1.82, 2.24) is 10.6 Å². The Morgan fingerprint density at radius 3 is 2.61 bits per heavy atom. The largest absolute Gasteiger partial charge is 0.416 e. The Morgan fingerprint density at radius 1 is 1.30 bits per heavy atom. The van der Waals surface area contributed by atoms with Crippen molar-refractivity contribution in [3.05, 3.63) is 35.4 Å². The standard InChI is InChI=1S/C17H23F3N2O/c1-12(14-4-2-3-5-15(14)17(18,19)20)22-16(23)7-6-13-8-10-21-11-9-13/h2-5,12-13,21H,6-11H2,1H3,(H,22,23). The van der Waals surface area contributed by atoms with Crippen LogP contribution in [-0.2, 0) is 11.0 Å². The number of rotatable bonds is 5. The van der Waals surface area contributed by atoms with E-state index in [1.54, 1.807) is 13.0 Å². The van der Waals surface area contributed by atoms with E-state index in [2.05, 4.69) is 10.6 Å². The second-order valence-corrected chi connectivity index (χ2v) is 6.11. The fourth-order valence-electron chi connectivity index (χ4n) is 3.03. The number of alkyl halides is 3. The maximum atomic E-state index is 13.0. The predicted molar refractivity (Wildman–Crippen MR) is 82.8 cm³/mol. The van der Waals surface area contributed by atoms with Crippen molar-refractivity contribution in [1.29, 1.82) is 0 Å². The van der Waals surface area contributed by atoms with E-state index in [1.807, 2.05) is 0 Å². The van der Waals surface area contributed by atoms with Gasteiger partial charge in [0.05, 0.1) is 11.6 Å². The zero-order valence-electron chi connectivity index (χ0n) is 13.2. The van der Waals surface area contributed by atoms with Gasteiger partial charge >= 0.3 is 6.18 Å². The molecule has 1 unspecified atom stereocenters. The first-order valence-electron chi connectivity index (χ1n) is 8.04. The lowest BCUT2D eigenvalue weighted by Crippen LogP contribution is -2.31. The van der Waals surface area contributed by atoms with E-state index in [4.69, 9.17) is 0 Å². The summed E-state index contributed by atoms with van der Waals surface area (Å²) in [5, 5.41) is 5.96. The second kappa shape index (κ2) is 7.81. The minimum Gasteiger partial charge on any atom is -0.350 e. The van der Waals surface area contributed by atoms with Crippen LogP contribution in [-0.4, -0.2) is 19.0 Å². The zero-order chi connectivity index (χ0) is 16.9. The topological polar surface area (TPSA) is 41.1 Å². The molecule has 23 heavy (non-hydrogen) atoms. The number of nitrogens with one attached hydrogen (secondary N) is 2. The van der Waals surface area contributed by atoms with Crippen molar-refractivity contribution in [3.63, 3.8) is 0 Å². The maximum absolute atomic E-state index is 13.0. The van der Waals surface area contributed by atoms with Gasteiger partial charge in [0.2, 0.25) is 5.91 Å². The molecule has 1 fully saturated rings. The van der Waals surface area contributed by atoms with Crippen LogP contribution in [0.2, 0.25) is 0 Å². The van der Waals surface area contributed by atoms with Gasteiger partial charge in [-0.25, -0.2) is 0 Å². The Labute approximate surface area is 134 Å². The van der Waals surface area contributed by atoms with E-state index in [0.29, 0.717) is 12.3 Å². The summed E-state index contributed by atoms with van der Waals surface area (Å²) in [7, 11) is 0. The van der Waals surface area contributed by atoms with E-state index in [0.717, 1.165) is 38.4 Å². The fraction of sp³-hybridized carbons (Fsp3) is 0.588. The summed E-state index contributed by atoms with van der Waals surface area (Å²) >= 11 is 0. The number of hydrogen-bond acceptors (Lipinski definition) is 2. The average molecular weight is 328 g/mol. The highest BCUT2D eigenvalue weighted by Gasteiger charge is 2.34. The predicted octanol–water partition coefficient (Wildman–Crippen LogP) is 3.66. The van der Waals surface area contributed by atoms with Gasteiger partial charge in [0.15, 0.2) is 0 Å². The fourth-order valence-corrected chi connectivity index (χ4v) is 3.03. The Kier molecular flexibility index (Phi) is 6.04. The summed E-state index contributed by atoms with van der Waals surface area (Å²) in [6.45, 7) is 3.54. The number of hydrogen-bond donors (Lipinski definition) is 2. The summed E-state index contributed by atoms with van der Waals surface area (Å²) < 4.78 is 39.1. The summed E-state index contributed by atoms with van der Waals surface area (Å²) in [4.78, 5) is 12.0. The molecule has 0 saturated carbocycles. The lowest BCUT2D eigenvalue weighted by molar-refractivity contribution is -0.138. The van der Waals surface area contributed by atoms with Crippen LogP contribution in [0.1, 0.15) is 49.8 Å². The summed E-state index contributed by atoms with van der Waals surface area (Å²) in [6.07, 6.45) is -1.14. The molecule has 0 radical (unpaired) electrons. The van der Waals surface area contributed by atoms with Crippen molar-refractivity contribution in [3.8, 4) is 0 Å². The normalized spacial score (nSPS) is 17.7. The molecule has 1 amide bonds. The van der Waals surface area contributed by atoms with Gasteiger partial charge in [0, 0.05) is 6.42 Å². The molecular weight excluding hydrogens is 305 g/mol. The first-order valence-corrected chi connectivity index (χ1v) is 8.04. The van der Waals surface area contributed by atoms with Crippen LogP contribution >= 0.6 is 0 Å². The van der Waals surface area contributed by atoms with E-state index >= 15 is 0 Å². The molecule has 1 aromatic rings. The molecule has 1 atom stereocenters. The quantitative estimate of drug-likeness (QED) is 0.866. The average Bonchev–Trinajstić information content (AvgIpc) is 2.53. The molecule has 1 saturated heterocycles. The van der Waals surface area contributed by atoms with Crippen LogP contribution in [0.3, 0.4) is 0 Å². The highest BCUT2D eigenvalue weighted by molar-refractivity contribution is 5.76. The Hall–Kier alpha value is -1.56. The van der Waals surface area contributed by atoms with Gasteiger partial charge in [-0.2, -0.15) is 13.2 Å². The molecule has 1 heterocycles. The molecule has 0 spiro atoms. The third-order valence-electron chi connectivity index (χ3n) is 4.35.